The Labute approximate surface area is 181 Å². The van der Waals surface area contributed by atoms with Crippen LogP contribution in [0.3, 0.4) is 0 Å². The summed E-state index contributed by atoms with van der Waals surface area (Å²) in [5.41, 5.74) is 10.8. The lowest BCUT2D eigenvalue weighted by Crippen LogP contribution is -2.58. The zero-order valence-corrected chi connectivity index (χ0v) is 17.0. The first-order valence-corrected chi connectivity index (χ1v) is 9.27. The molecule has 1 rings (SSSR count). The van der Waals surface area contributed by atoms with E-state index in [0.29, 0.717) is 5.69 Å². The molecule has 0 aliphatic carbocycles. The van der Waals surface area contributed by atoms with Gasteiger partial charge in [-0.1, -0.05) is 0 Å². The van der Waals surface area contributed by atoms with E-state index in [4.69, 9.17) is 16.6 Å². The molecular formula is C17H25N7O8. The molecule has 15 heteroatoms. The molecule has 0 saturated carbocycles. The number of hydrogen-bond donors (Lipinski definition) is 8. The van der Waals surface area contributed by atoms with Gasteiger partial charge in [0.05, 0.1) is 25.2 Å². The van der Waals surface area contributed by atoms with E-state index in [0.717, 1.165) is 0 Å². The summed E-state index contributed by atoms with van der Waals surface area (Å²) in [7, 11) is 0. The maximum atomic E-state index is 12.7. The van der Waals surface area contributed by atoms with Crippen LogP contribution >= 0.6 is 0 Å². The number of hydrogen-bond acceptors (Lipinski definition) is 8. The lowest BCUT2D eigenvalue weighted by Gasteiger charge is -2.24. The maximum Gasteiger partial charge on any atom is 0.326 e. The molecule has 4 unspecified atom stereocenters. The number of nitrogens with two attached hydrogens (primary N) is 2. The number of nitrogens with zero attached hydrogens (tertiary/aromatic N) is 1. The van der Waals surface area contributed by atoms with Crippen LogP contribution in [0.1, 0.15) is 25.5 Å². The minimum Gasteiger partial charge on any atom is -0.481 e. The number of H-pyrrole nitrogens is 1. The molecule has 0 saturated heterocycles. The number of carboxylic acids is 2. The molecule has 1 aromatic rings. The Hall–Kier alpha value is -4.01. The predicted octanol–water partition coefficient (Wildman–Crippen LogP) is -3.81. The first kappa shape index (κ1) is 26.0. The van der Waals surface area contributed by atoms with Gasteiger partial charge in [-0.25, -0.2) is 9.78 Å². The Morgan fingerprint density at radius 3 is 2.00 bits per heavy atom. The van der Waals surface area contributed by atoms with Crippen LogP contribution in [0.25, 0.3) is 0 Å². The van der Waals surface area contributed by atoms with E-state index in [9.17, 15) is 33.9 Å². The number of amides is 4. The third kappa shape index (κ3) is 8.78. The number of aromatic amines is 1. The van der Waals surface area contributed by atoms with Gasteiger partial charge in [0.25, 0.3) is 0 Å². The third-order valence-electron chi connectivity index (χ3n) is 4.06. The highest BCUT2D eigenvalue weighted by Gasteiger charge is 2.31. The van der Waals surface area contributed by atoms with Crippen LogP contribution in [-0.2, 0) is 35.2 Å². The minimum absolute atomic E-state index is 0.193. The molecule has 32 heavy (non-hydrogen) atoms. The van der Waals surface area contributed by atoms with Gasteiger partial charge >= 0.3 is 11.9 Å². The molecule has 15 nitrogen and oxygen atoms in total. The molecule has 4 atom stereocenters. The molecule has 176 valence electrons. The van der Waals surface area contributed by atoms with Gasteiger partial charge in [0.1, 0.15) is 18.1 Å². The normalized spacial score (nSPS) is 14.3. The Morgan fingerprint density at radius 1 is 0.969 bits per heavy atom. The number of carbonyl (C=O) groups is 6. The summed E-state index contributed by atoms with van der Waals surface area (Å²) in [4.78, 5) is 77.1. The number of imidazole rings is 1. The van der Waals surface area contributed by atoms with Crippen molar-refractivity contribution in [3.63, 3.8) is 0 Å². The van der Waals surface area contributed by atoms with Gasteiger partial charge in [-0.15, -0.1) is 0 Å². The number of aliphatic carboxylic acids is 2. The number of carbonyl (C=O) groups excluding carboxylic acids is 4. The van der Waals surface area contributed by atoms with Gasteiger partial charge in [0.15, 0.2) is 0 Å². The van der Waals surface area contributed by atoms with E-state index >= 15 is 0 Å². The van der Waals surface area contributed by atoms with E-state index in [1.807, 2.05) is 0 Å². The summed E-state index contributed by atoms with van der Waals surface area (Å²) < 4.78 is 0. The van der Waals surface area contributed by atoms with Crippen LogP contribution in [0.2, 0.25) is 0 Å². The fourth-order valence-electron chi connectivity index (χ4n) is 2.46. The van der Waals surface area contributed by atoms with Crippen molar-refractivity contribution in [1.29, 1.82) is 0 Å². The quantitative estimate of drug-likeness (QED) is 0.144. The number of carboxylic acid groups (broad SMARTS) is 2. The van der Waals surface area contributed by atoms with Crippen LogP contribution in [-0.4, -0.2) is 79.9 Å². The highest BCUT2D eigenvalue weighted by atomic mass is 16.4. The smallest absolute Gasteiger partial charge is 0.326 e. The van der Waals surface area contributed by atoms with Crippen molar-refractivity contribution in [2.75, 3.05) is 0 Å². The van der Waals surface area contributed by atoms with Gasteiger partial charge < -0.3 is 42.6 Å². The SMILES string of the molecule is CC(N)C(=O)NC(CC(=O)O)C(=O)NC(Cc1cnc[nH]1)C(=O)NC(CC(N)=O)C(=O)O. The van der Waals surface area contributed by atoms with Crippen LogP contribution in [0, 0.1) is 0 Å². The van der Waals surface area contributed by atoms with Gasteiger partial charge in [0.2, 0.25) is 23.6 Å². The van der Waals surface area contributed by atoms with E-state index in [-0.39, 0.29) is 6.42 Å². The first-order chi connectivity index (χ1) is 14.9. The van der Waals surface area contributed by atoms with E-state index in [1.165, 1.54) is 19.4 Å². The monoisotopic (exact) mass is 455 g/mol. The summed E-state index contributed by atoms with van der Waals surface area (Å²) in [6, 6.07) is -5.67. The Bertz CT molecular complexity index is 855. The van der Waals surface area contributed by atoms with Gasteiger partial charge in [-0.2, -0.15) is 0 Å². The molecule has 0 spiro atoms. The standard InChI is InChI=1S/C17H25N7O8/c1-7(18)14(28)22-10(4-13(26)27)16(30)23-9(2-8-5-20-6-21-8)15(29)24-11(17(31)32)3-12(19)25/h5-7,9-11H,2-4,18H2,1H3,(H2,19,25)(H,20,21)(H,22,28)(H,23,30)(H,24,29)(H,26,27)(H,31,32). The molecule has 1 aromatic heterocycles. The van der Waals surface area contributed by atoms with Crippen LogP contribution < -0.4 is 27.4 Å². The summed E-state index contributed by atoms with van der Waals surface area (Å²) >= 11 is 0. The van der Waals surface area contributed by atoms with Gasteiger partial charge in [-0.05, 0) is 6.92 Å². The molecule has 0 aromatic carbocycles. The van der Waals surface area contributed by atoms with E-state index in [2.05, 4.69) is 25.9 Å². The molecule has 0 aliphatic rings. The molecule has 0 fully saturated rings. The predicted molar refractivity (Wildman–Crippen MR) is 105 cm³/mol. The van der Waals surface area contributed by atoms with Crippen molar-refractivity contribution < 1.29 is 39.0 Å². The van der Waals surface area contributed by atoms with Crippen molar-refractivity contribution >= 4 is 35.6 Å². The van der Waals surface area contributed by atoms with Gasteiger partial charge in [-0.3, -0.25) is 24.0 Å². The number of primary amides is 1. The Kier molecular flexibility index (Phi) is 9.75. The van der Waals surface area contributed by atoms with Crippen molar-refractivity contribution in [2.45, 2.75) is 50.4 Å². The molecular weight excluding hydrogens is 430 g/mol. The number of aromatic nitrogens is 2. The molecule has 0 bridgehead atoms. The molecule has 0 aliphatic heterocycles. The maximum absolute atomic E-state index is 12.7. The highest BCUT2D eigenvalue weighted by Crippen LogP contribution is 2.03. The topological polar surface area (TPSA) is 260 Å². The van der Waals surface area contributed by atoms with E-state index in [1.54, 1.807) is 0 Å². The van der Waals surface area contributed by atoms with Crippen molar-refractivity contribution in [3.05, 3.63) is 18.2 Å². The molecule has 10 N–H and O–H groups in total. The second-order valence-electron chi connectivity index (χ2n) is 6.86. The largest absolute Gasteiger partial charge is 0.481 e. The molecule has 4 amide bonds. The second-order valence-corrected chi connectivity index (χ2v) is 6.86. The summed E-state index contributed by atoms with van der Waals surface area (Å²) in [6.45, 7) is 1.32. The average Bonchev–Trinajstić information content (AvgIpc) is 3.18. The lowest BCUT2D eigenvalue weighted by molar-refractivity contribution is -0.144. The lowest BCUT2D eigenvalue weighted by atomic mass is 10.1. The summed E-state index contributed by atoms with van der Waals surface area (Å²) in [5.74, 6) is -6.73. The van der Waals surface area contributed by atoms with Gasteiger partial charge in [0, 0.05) is 18.3 Å². The van der Waals surface area contributed by atoms with Crippen molar-refractivity contribution in [1.82, 2.24) is 25.9 Å². The number of nitrogens with one attached hydrogen (secondary N) is 4. The highest BCUT2D eigenvalue weighted by molar-refractivity contribution is 5.96. The fraction of sp³-hybridized carbons (Fsp3) is 0.471. The Morgan fingerprint density at radius 2 is 1.53 bits per heavy atom. The zero-order valence-electron chi connectivity index (χ0n) is 17.0. The number of rotatable bonds is 13. The first-order valence-electron chi connectivity index (χ1n) is 9.27. The van der Waals surface area contributed by atoms with E-state index < -0.39 is 72.6 Å². The second kappa shape index (κ2) is 12.0. The minimum atomic E-state index is -1.66. The van der Waals surface area contributed by atoms with Crippen LogP contribution in [0.4, 0.5) is 0 Å². The molecule has 0 radical (unpaired) electrons. The average molecular weight is 455 g/mol. The zero-order chi connectivity index (χ0) is 24.4. The third-order valence-corrected chi connectivity index (χ3v) is 4.06. The van der Waals surface area contributed by atoms with Crippen LogP contribution in [0.15, 0.2) is 12.5 Å². The van der Waals surface area contributed by atoms with Crippen molar-refractivity contribution in [2.24, 2.45) is 11.5 Å². The van der Waals surface area contributed by atoms with Crippen molar-refractivity contribution in [3.8, 4) is 0 Å². The summed E-state index contributed by atoms with van der Waals surface area (Å²) in [5, 5.41) is 24.8. The molecule has 1 heterocycles. The van der Waals surface area contributed by atoms with Crippen LogP contribution in [0.5, 0.6) is 0 Å². The fourth-order valence-corrected chi connectivity index (χ4v) is 2.46. The summed E-state index contributed by atoms with van der Waals surface area (Å²) in [6.07, 6.45) is 0.952. The Balaban J connectivity index is 3.07.